The highest BCUT2D eigenvalue weighted by Crippen LogP contribution is 2.29. The Morgan fingerprint density at radius 2 is 1.75 bits per heavy atom. The third kappa shape index (κ3) is 5.24. The lowest BCUT2D eigenvalue weighted by Gasteiger charge is -2.17. The number of sulfonamides is 1. The number of carbonyl (C=O) groups excluding carboxylic acids is 1. The molecule has 2 rings (SSSR count). The number of benzene rings is 2. The van der Waals surface area contributed by atoms with Crippen LogP contribution in [0.25, 0.3) is 0 Å². The van der Waals surface area contributed by atoms with Gasteiger partial charge >= 0.3 is 0 Å². The number of nitrogens with one attached hydrogen (secondary N) is 1. The van der Waals surface area contributed by atoms with E-state index in [0.29, 0.717) is 18.0 Å². The standard InChI is InChI=1S/C20H26N2O5S/c1-6-26-17-10-9-16(12-19(17)28(24,25)22(4)5)21-20(23)13-27-18-11-14(2)7-8-15(18)3/h7-12H,6,13H2,1-5H3,(H,21,23). The van der Waals surface area contributed by atoms with Crippen LogP contribution in [-0.4, -0.2) is 45.9 Å². The Kier molecular flexibility index (Phi) is 7.04. The summed E-state index contributed by atoms with van der Waals surface area (Å²) in [5.41, 5.74) is 2.31. The molecule has 7 nitrogen and oxygen atoms in total. The van der Waals surface area contributed by atoms with Crippen LogP contribution in [0.4, 0.5) is 5.69 Å². The van der Waals surface area contributed by atoms with Gasteiger partial charge in [0.25, 0.3) is 5.91 Å². The molecule has 0 heterocycles. The monoisotopic (exact) mass is 406 g/mol. The summed E-state index contributed by atoms with van der Waals surface area (Å²) in [4.78, 5) is 12.3. The topological polar surface area (TPSA) is 84.9 Å². The van der Waals surface area contributed by atoms with Gasteiger partial charge in [0, 0.05) is 19.8 Å². The van der Waals surface area contributed by atoms with Crippen LogP contribution >= 0.6 is 0 Å². The minimum atomic E-state index is -3.73. The molecule has 0 fully saturated rings. The third-order valence-corrected chi connectivity index (χ3v) is 5.82. The lowest BCUT2D eigenvalue weighted by atomic mass is 10.1. The van der Waals surface area contributed by atoms with Crippen molar-refractivity contribution in [2.75, 3.05) is 32.6 Å². The molecule has 0 aliphatic heterocycles. The van der Waals surface area contributed by atoms with Crippen molar-refractivity contribution >= 4 is 21.6 Å². The van der Waals surface area contributed by atoms with Crippen molar-refractivity contribution < 1.29 is 22.7 Å². The number of anilines is 1. The van der Waals surface area contributed by atoms with E-state index in [1.54, 1.807) is 13.0 Å². The number of hydrogen-bond acceptors (Lipinski definition) is 5. The molecule has 2 aromatic rings. The number of carbonyl (C=O) groups is 1. The maximum atomic E-state index is 12.6. The van der Waals surface area contributed by atoms with Crippen molar-refractivity contribution in [1.29, 1.82) is 0 Å². The Morgan fingerprint density at radius 3 is 2.39 bits per heavy atom. The smallest absolute Gasteiger partial charge is 0.262 e. The van der Waals surface area contributed by atoms with Gasteiger partial charge in [0.15, 0.2) is 6.61 Å². The van der Waals surface area contributed by atoms with Crippen molar-refractivity contribution in [3.05, 3.63) is 47.5 Å². The van der Waals surface area contributed by atoms with E-state index in [9.17, 15) is 13.2 Å². The Labute approximate surface area is 166 Å². The highest BCUT2D eigenvalue weighted by Gasteiger charge is 2.23. The average Bonchev–Trinajstić information content (AvgIpc) is 2.63. The molecule has 0 bridgehead atoms. The molecule has 0 atom stereocenters. The second-order valence-electron chi connectivity index (χ2n) is 6.49. The van der Waals surface area contributed by atoms with E-state index >= 15 is 0 Å². The quantitative estimate of drug-likeness (QED) is 0.729. The Bertz CT molecular complexity index is 955. The molecule has 8 heteroatoms. The van der Waals surface area contributed by atoms with Crippen LogP contribution in [-0.2, 0) is 14.8 Å². The van der Waals surface area contributed by atoms with E-state index in [1.165, 1.54) is 26.2 Å². The lowest BCUT2D eigenvalue weighted by molar-refractivity contribution is -0.118. The van der Waals surface area contributed by atoms with Crippen LogP contribution in [0.15, 0.2) is 41.3 Å². The van der Waals surface area contributed by atoms with Crippen molar-refractivity contribution in [2.24, 2.45) is 0 Å². The number of amides is 1. The summed E-state index contributed by atoms with van der Waals surface area (Å²) in [5, 5.41) is 2.66. The van der Waals surface area contributed by atoms with Crippen molar-refractivity contribution in [1.82, 2.24) is 4.31 Å². The fraction of sp³-hybridized carbons (Fsp3) is 0.350. The third-order valence-electron chi connectivity index (χ3n) is 3.99. The van der Waals surface area contributed by atoms with Gasteiger partial charge in [0.05, 0.1) is 6.61 Å². The summed E-state index contributed by atoms with van der Waals surface area (Å²) in [6.07, 6.45) is 0. The predicted molar refractivity (Wildman–Crippen MR) is 109 cm³/mol. The van der Waals surface area contributed by atoms with Crippen LogP contribution in [0.1, 0.15) is 18.1 Å². The van der Waals surface area contributed by atoms with Crippen LogP contribution in [0.5, 0.6) is 11.5 Å². The zero-order valence-electron chi connectivity index (χ0n) is 16.8. The molecule has 0 radical (unpaired) electrons. The lowest BCUT2D eigenvalue weighted by Crippen LogP contribution is -2.24. The molecular formula is C20H26N2O5S. The number of aryl methyl sites for hydroxylation is 2. The summed E-state index contributed by atoms with van der Waals surface area (Å²) >= 11 is 0. The summed E-state index contributed by atoms with van der Waals surface area (Å²) in [5.74, 6) is 0.483. The van der Waals surface area contributed by atoms with Gasteiger partial charge in [-0.1, -0.05) is 12.1 Å². The Hall–Kier alpha value is -2.58. The van der Waals surface area contributed by atoms with E-state index in [4.69, 9.17) is 9.47 Å². The van der Waals surface area contributed by atoms with Crippen LogP contribution in [0.3, 0.4) is 0 Å². The van der Waals surface area contributed by atoms with Crippen LogP contribution in [0.2, 0.25) is 0 Å². The van der Waals surface area contributed by atoms with Gasteiger partial charge in [-0.15, -0.1) is 0 Å². The van der Waals surface area contributed by atoms with Crippen molar-refractivity contribution in [2.45, 2.75) is 25.7 Å². The van der Waals surface area contributed by atoms with Gasteiger partial charge in [-0.3, -0.25) is 4.79 Å². The fourth-order valence-corrected chi connectivity index (χ4v) is 3.51. The fourth-order valence-electron chi connectivity index (χ4n) is 2.46. The highest BCUT2D eigenvalue weighted by molar-refractivity contribution is 7.89. The maximum absolute atomic E-state index is 12.6. The van der Waals surface area contributed by atoms with Crippen LogP contribution < -0.4 is 14.8 Å². The molecule has 2 aromatic carbocycles. The Morgan fingerprint density at radius 1 is 1.04 bits per heavy atom. The molecule has 0 saturated carbocycles. The largest absolute Gasteiger partial charge is 0.492 e. The van der Waals surface area contributed by atoms with Gasteiger partial charge in [0.1, 0.15) is 16.4 Å². The van der Waals surface area contributed by atoms with E-state index in [0.717, 1.165) is 15.4 Å². The number of nitrogens with zero attached hydrogens (tertiary/aromatic N) is 1. The van der Waals surface area contributed by atoms with Gasteiger partial charge in [-0.05, 0) is 56.2 Å². The molecule has 152 valence electrons. The first-order chi connectivity index (χ1) is 13.1. The first-order valence-electron chi connectivity index (χ1n) is 8.84. The highest BCUT2D eigenvalue weighted by atomic mass is 32.2. The summed E-state index contributed by atoms with van der Waals surface area (Å²) in [7, 11) is -0.850. The van der Waals surface area contributed by atoms with Crippen LogP contribution in [0, 0.1) is 13.8 Å². The normalized spacial score (nSPS) is 11.4. The number of ether oxygens (including phenoxy) is 2. The van der Waals surface area contributed by atoms with Gasteiger partial charge in [0.2, 0.25) is 10.0 Å². The van der Waals surface area contributed by atoms with E-state index in [-0.39, 0.29) is 17.3 Å². The molecule has 0 unspecified atom stereocenters. The van der Waals surface area contributed by atoms with Gasteiger partial charge in [-0.2, -0.15) is 0 Å². The Balaban J connectivity index is 2.17. The maximum Gasteiger partial charge on any atom is 0.262 e. The first-order valence-corrected chi connectivity index (χ1v) is 10.3. The molecule has 0 aliphatic carbocycles. The van der Waals surface area contributed by atoms with Crippen molar-refractivity contribution in [3.8, 4) is 11.5 Å². The predicted octanol–water partition coefficient (Wildman–Crippen LogP) is 2.97. The number of rotatable bonds is 8. The molecule has 28 heavy (non-hydrogen) atoms. The molecule has 0 saturated heterocycles. The van der Waals surface area contributed by atoms with Gasteiger partial charge in [-0.25, -0.2) is 12.7 Å². The molecule has 0 aromatic heterocycles. The second-order valence-corrected chi connectivity index (χ2v) is 8.61. The second kappa shape index (κ2) is 9.07. The number of hydrogen-bond donors (Lipinski definition) is 1. The molecule has 0 spiro atoms. The molecule has 1 N–H and O–H groups in total. The molecular weight excluding hydrogens is 380 g/mol. The molecule has 0 aliphatic rings. The average molecular weight is 407 g/mol. The SMILES string of the molecule is CCOc1ccc(NC(=O)COc2cc(C)ccc2C)cc1S(=O)(=O)N(C)C. The van der Waals surface area contributed by atoms with Crippen molar-refractivity contribution in [3.63, 3.8) is 0 Å². The van der Waals surface area contributed by atoms with E-state index in [2.05, 4.69) is 5.32 Å². The zero-order valence-corrected chi connectivity index (χ0v) is 17.6. The minimum absolute atomic E-state index is 0.00685. The summed E-state index contributed by atoms with van der Waals surface area (Å²) < 4.78 is 37.2. The van der Waals surface area contributed by atoms with E-state index < -0.39 is 15.9 Å². The summed E-state index contributed by atoms with van der Waals surface area (Å²) in [6.45, 7) is 5.75. The van der Waals surface area contributed by atoms with E-state index in [1.807, 2.05) is 32.0 Å². The van der Waals surface area contributed by atoms with Gasteiger partial charge < -0.3 is 14.8 Å². The zero-order chi connectivity index (χ0) is 20.9. The summed E-state index contributed by atoms with van der Waals surface area (Å²) in [6, 6.07) is 10.3. The minimum Gasteiger partial charge on any atom is -0.492 e. The molecule has 1 amide bonds. The first kappa shape index (κ1) is 21.7.